The number of nitrogens with one attached hydrogen (secondary N) is 1. The number of amides is 1. The van der Waals surface area contributed by atoms with Crippen LogP contribution in [0, 0.1) is 0 Å². The third-order valence-corrected chi connectivity index (χ3v) is 5.96. The molecule has 31 heavy (non-hydrogen) atoms. The predicted octanol–water partition coefficient (Wildman–Crippen LogP) is 5.99. The number of aromatic nitrogens is 1. The van der Waals surface area contributed by atoms with Gasteiger partial charge >= 0.3 is 0 Å². The van der Waals surface area contributed by atoms with Crippen LogP contribution in [0.4, 0.5) is 11.4 Å². The van der Waals surface area contributed by atoms with Crippen LogP contribution in [0.3, 0.4) is 0 Å². The molecule has 0 unspecified atom stereocenters. The van der Waals surface area contributed by atoms with E-state index < -0.39 is 0 Å². The molecule has 1 aliphatic rings. The van der Waals surface area contributed by atoms with Gasteiger partial charge in [-0.2, -0.15) is 0 Å². The summed E-state index contributed by atoms with van der Waals surface area (Å²) in [5, 5.41) is 1.73. The first-order valence-corrected chi connectivity index (χ1v) is 10.6. The maximum atomic E-state index is 13.4. The first-order chi connectivity index (χ1) is 15.2. The third kappa shape index (κ3) is 3.85. The lowest BCUT2D eigenvalue weighted by atomic mass is 10.1. The first-order valence-electron chi connectivity index (χ1n) is 9.80. The number of rotatable bonds is 4. The molecule has 1 fully saturated rings. The molecule has 0 bridgehead atoms. The van der Waals surface area contributed by atoms with Crippen LogP contribution in [0.5, 0.6) is 5.75 Å². The monoisotopic (exact) mass is 425 g/mol. The summed E-state index contributed by atoms with van der Waals surface area (Å²) in [5.41, 5.74) is 3.59. The number of hydrogen-bond donors (Lipinski definition) is 1. The van der Waals surface area contributed by atoms with Gasteiger partial charge in [-0.05, 0) is 83.4 Å². The van der Waals surface area contributed by atoms with Gasteiger partial charge in [0.25, 0.3) is 5.91 Å². The van der Waals surface area contributed by atoms with E-state index in [4.69, 9.17) is 9.73 Å². The number of ether oxygens (including phenoxy) is 1. The molecule has 5 rings (SSSR count). The van der Waals surface area contributed by atoms with Gasteiger partial charge in [0.1, 0.15) is 5.75 Å². The number of aliphatic imine (C=N–C) groups is 1. The van der Waals surface area contributed by atoms with Crippen molar-refractivity contribution in [2.24, 2.45) is 4.99 Å². The zero-order valence-corrected chi connectivity index (χ0v) is 17.6. The Kier molecular flexibility index (Phi) is 5.06. The molecule has 5 nitrogen and oxygen atoms in total. The Morgan fingerprint density at radius 3 is 2.58 bits per heavy atom. The van der Waals surface area contributed by atoms with Gasteiger partial charge in [0, 0.05) is 11.7 Å². The number of nitrogens with zero attached hydrogens (tertiary/aromatic N) is 2. The maximum absolute atomic E-state index is 13.4. The average Bonchev–Trinajstić information content (AvgIpc) is 3.39. The molecule has 1 aromatic heterocycles. The number of H-pyrrole nitrogens is 1. The second-order valence-corrected chi connectivity index (χ2v) is 8.01. The minimum Gasteiger partial charge on any atom is -0.497 e. The van der Waals surface area contributed by atoms with E-state index in [9.17, 15) is 4.79 Å². The van der Waals surface area contributed by atoms with Crippen LogP contribution in [0.2, 0.25) is 0 Å². The second kappa shape index (κ2) is 8.16. The fraction of sp³-hybridized carbons (Fsp3) is 0.0400. The number of carbonyl (C=O) groups excluding carboxylic acids is 1. The molecule has 0 spiro atoms. The van der Waals surface area contributed by atoms with Crippen LogP contribution in [0.25, 0.3) is 17.0 Å². The molecule has 4 aromatic rings. The van der Waals surface area contributed by atoms with Crippen LogP contribution in [0.15, 0.2) is 95.0 Å². The number of aromatic amines is 1. The fourth-order valence-corrected chi connectivity index (χ4v) is 4.43. The molecule has 0 radical (unpaired) electrons. The highest BCUT2D eigenvalue weighted by atomic mass is 32.2. The molecule has 3 aromatic carbocycles. The number of hydrogen-bond acceptors (Lipinski definition) is 4. The lowest BCUT2D eigenvalue weighted by Crippen LogP contribution is -2.28. The van der Waals surface area contributed by atoms with Crippen molar-refractivity contribution in [3.8, 4) is 5.75 Å². The Hall–Kier alpha value is -3.77. The van der Waals surface area contributed by atoms with Gasteiger partial charge in [-0.25, -0.2) is 4.99 Å². The van der Waals surface area contributed by atoms with Crippen molar-refractivity contribution in [2.45, 2.75) is 0 Å². The van der Waals surface area contributed by atoms with Crippen molar-refractivity contribution in [1.29, 1.82) is 0 Å². The summed E-state index contributed by atoms with van der Waals surface area (Å²) in [4.78, 5) is 23.6. The van der Waals surface area contributed by atoms with Gasteiger partial charge in [-0.3, -0.25) is 9.69 Å². The minimum atomic E-state index is -0.0855. The van der Waals surface area contributed by atoms with E-state index in [0.717, 1.165) is 33.6 Å². The summed E-state index contributed by atoms with van der Waals surface area (Å²) < 4.78 is 5.23. The van der Waals surface area contributed by atoms with Crippen LogP contribution >= 0.6 is 11.8 Å². The normalized spacial score (nSPS) is 16.5. The smallest absolute Gasteiger partial charge is 0.271 e. The Bertz CT molecular complexity index is 1310. The number of fused-ring (bicyclic) bond motifs is 1. The maximum Gasteiger partial charge on any atom is 0.271 e. The molecule has 0 saturated carbocycles. The molecule has 0 atom stereocenters. The van der Waals surface area contributed by atoms with E-state index in [1.54, 1.807) is 12.0 Å². The third-order valence-electron chi connectivity index (χ3n) is 4.99. The van der Waals surface area contributed by atoms with Gasteiger partial charge in [-0.15, -0.1) is 0 Å². The van der Waals surface area contributed by atoms with Crippen molar-refractivity contribution in [3.63, 3.8) is 0 Å². The van der Waals surface area contributed by atoms with Gasteiger partial charge in [0.2, 0.25) is 0 Å². The lowest BCUT2D eigenvalue weighted by molar-refractivity contribution is -0.113. The molecule has 1 aliphatic heterocycles. The van der Waals surface area contributed by atoms with Gasteiger partial charge in [0.15, 0.2) is 5.17 Å². The van der Waals surface area contributed by atoms with E-state index in [-0.39, 0.29) is 5.91 Å². The van der Waals surface area contributed by atoms with Crippen molar-refractivity contribution in [1.82, 2.24) is 4.98 Å². The van der Waals surface area contributed by atoms with E-state index in [1.165, 1.54) is 11.8 Å². The van der Waals surface area contributed by atoms with E-state index >= 15 is 0 Å². The topological polar surface area (TPSA) is 57.7 Å². The molecule has 1 N–H and O–H groups in total. The van der Waals surface area contributed by atoms with E-state index in [1.807, 2.05) is 85.1 Å². The fourth-order valence-electron chi connectivity index (χ4n) is 3.43. The SMILES string of the molecule is COc1ccc(/N=C2\S/C(=C\c3ccc4[nH]ccc4c3)C(=O)N2c2ccccc2)cc1. The van der Waals surface area contributed by atoms with Crippen molar-refractivity contribution in [2.75, 3.05) is 12.0 Å². The summed E-state index contributed by atoms with van der Waals surface area (Å²) in [6.45, 7) is 0. The standard InChI is InChI=1S/C25H19N3O2S/c1-30-21-10-8-19(9-11-21)27-25-28(20-5-3-2-4-6-20)24(29)23(31-25)16-17-7-12-22-18(15-17)13-14-26-22/h2-16,26H,1H3/b23-16-,27-25-. The molecule has 6 heteroatoms. The predicted molar refractivity (Wildman–Crippen MR) is 128 cm³/mol. The quantitative estimate of drug-likeness (QED) is 0.409. The summed E-state index contributed by atoms with van der Waals surface area (Å²) in [7, 11) is 1.63. The highest BCUT2D eigenvalue weighted by Gasteiger charge is 2.34. The minimum absolute atomic E-state index is 0.0855. The number of anilines is 1. The first kappa shape index (κ1) is 19.2. The molecule has 1 saturated heterocycles. The highest BCUT2D eigenvalue weighted by molar-refractivity contribution is 8.19. The zero-order valence-electron chi connectivity index (χ0n) is 16.8. The molecule has 0 aliphatic carbocycles. The van der Waals surface area contributed by atoms with Crippen molar-refractivity contribution in [3.05, 3.63) is 95.5 Å². The average molecular weight is 426 g/mol. The van der Waals surface area contributed by atoms with Gasteiger partial charge in [-0.1, -0.05) is 24.3 Å². The van der Waals surface area contributed by atoms with Gasteiger partial charge < -0.3 is 9.72 Å². The van der Waals surface area contributed by atoms with Crippen LogP contribution < -0.4 is 9.64 Å². The highest BCUT2D eigenvalue weighted by Crippen LogP contribution is 2.37. The Morgan fingerprint density at radius 1 is 1.00 bits per heavy atom. The number of amidine groups is 1. The summed E-state index contributed by atoms with van der Waals surface area (Å²) >= 11 is 1.38. The molecule has 2 heterocycles. The number of methoxy groups -OCH3 is 1. The molecule has 152 valence electrons. The van der Waals surface area contributed by atoms with E-state index in [0.29, 0.717) is 10.1 Å². The van der Waals surface area contributed by atoms with Crippen LogP contribution in [-0.4, -0.2) is 23.2 Å². The number of carbonyl (C=O) groups is 1. The van der Waals surface area contributed by atoms with Crippen LogP contribution in [0.1, 0.15) is 5.56 Å². The summed E-state index contributed by atoms with van der Waals surface area (Å²) in [5.74, 6) is 0.678. The Balaban J connectivity index is 1.55. The Labute approximate surface area is 184 Å². The second-order valence-electron chi connectivity index (χ2n) is 7.00. The summed E-state index contributed by atoms with van der Waals surface area (Å²) in [6, 6.07) is 25.2. The zero-order chi connectivity index (χ0) is 21.2. The number of benzene rings is 3. The summed E-state index contributed by atoms with van der Waals surface area (Å²) in [6.07, 6.45) is 3.83. The Morgan fingerprint density at radius 2 is 1.81 bits per heavy atom. The van der Waals surface area contributed by atoms with Gasteiger partial charge in [0.05, 0.1) is 23.4 Å². The van der Waals surface area contributed by atoms with Crippen molar-refractivity contribution < 1.29 is 9.53 Å². The molecular formula is C25H19N3O2S. The van der Waals surface area contributed by atoms with Crippen LogP contribution in [-0.2, 0) is 4.79 Å². The molecule has 1 amide bonds. The largest absolute Gasteiger partial charge is 0.497 e. The lowest BCUT2D eigenvalue weighted by Gasteiger charge is -2.15. The number of para-hydroxylation sites is 1. The van der Waals surface area contributed by atoms with Crippen molar-refractivity contribution >= 4 is 51.2 Å². The van der Waals surface area contributed by atoms with E-state index in [2.05, 4.69) is 11.1 Å². The molecular weight excluding hydrogens is 406 g/mol. The number of thioether (sulfide) groups is 1.